The average molecular weight is 284 g/mol. The van der Waals surface area contributed by atoms with Gasteiger partial charge in [-0.25, -0.2) is 0 Å². The maximum atomic E-state index is 11.7. The number of ketones is 1. The van der Waals surface area contributed by atoms with Gasteiger partial charge in [0.15, 0.2) is 5.78 Å². The molecule has 0 heterocycles. The van der Waals surface area contributed by atoms with E-state index in [1.54, 1.807) is 12.1 Å². The zero-order chi connectivity index (χ0) is 12.0. The number of amides is 1. The maximum absolute atomic E-state index is 11.7. The standard InChI is InChI=1S/C12H14BrNO2/c1-2-14-12(16)8-7-11(15)9-3-5-10(13)6-4-9/h3-6H,2,7-8H2,1H3,(H,14,16). The predicted molar refractivity (Wildman–Crippen MR) is 66.4 cm³/mol. The quantitative estimate of drug-likeness (QED) is 0.845. The summed E-state index contributed by atoms with van der Waals surface area (Å²) >= 11 is 3.30. The van der Waals surface area contributed by atoms with Crippen LogP contribution in [0, 0.1) is 0 Å². The number of halogens is 1. The van der Waals surface area contributed by atoms with Crippen molar-refractivity contribution in [3.63, 3.8) is 0 Å². The van der Waals surface area contributed by atoms with Gasteiger partial charge >= 0.3 is 0 Å². The summed E-state index contributed by atoms with van der Waals surface area (Å²) in [6, 6.07) is 7.15. The summed E-state index contributed by atoms with van der Waals surface area (Å²) in [4.78, 5) is 22.8. The predicted octanol–water partition coefficient (Wildman–Crippen LogP) is 2.55. The molecule has 0 aliphatic carbocycles. The van der Waals surface area contributed by atoms with Crippen LogP contribution in [0.3, 0.4) is 0 Å². The lowest BCUT2D eigenvalue weighted by Crippen LogP contribution is -2.23. The highest BCUT2D eigenvalue weighted by atomic mass is 79.9. The van der Waals surface area contributed by atoms with Crippen LogP contribution in [0.25, 0.3) is 0 Å². The summed E-state index contributed by atoms with van der Waals surface area (Å²) in [5, 5.41) is 2.66. The van der Waals surface area contributed by atoms with Gasteiger partial charge in [-0.2, -0.15) is 0 Å². The Hall–Kier alpha value is -1.16. The highest BCUT2D eigenvalue weighted by Crippen LogP contribution is 2.12. The molecule has 0 aromatic heterocycles. The number of hydrogen-bond donors (Lipinski definition) is 1. The first kappa shape index (κ1) is 12.9. The molecule has 3 nitrogen and oxygen atoms in total. The molecule has 0 fully saturated rings. The monoisotopic (exact) mass is 283 g/mol. The van der Waals surface area contributed by atoms with Crippen molar-refractivity contribution < 1.29 is 9.59 Å². The molecular weight excluding hydrogens is 270 g/mol. The molecule has 0 radical (unpaired) electrons. The number of Topliss-reactive ketones (excluding diaryl/α,β-unsaturated/α-hetero) is 1. The minimum absolute atomic E-state index is 0.00115. The highest BCUT2D eigenvalue weighted by molar-refractivity contribution is 9.10. The highest BCUT2D eigenvalue weighted by Gasteiger charge is 2.08. The molecule has 86 valence electrons. The lowest BCUT2D eigenvalue weighted by Gasteiger charge is -2.02. The Bertz CT molecular complexity index is 373. The van der Waals surface area contributed by atoms with Gasteiger partial charge in [0.1, 0.15) is 0 Å². The zero-order valence-corrected chi connectivity index (χ0v) is 10.7. The summed E-state index contributed by atoms with van der Waals surface area (Å²) in [6.45, 7) is 2.46. The van der Waals surface area contributed by atoms with Crippen molar-refractivity contribution in [2.75, 3.05) is 6.54 Å². The van der Waals surface area contributed by atoms with Gasteiger partial charge in [-0.05, 0) is 19.1 Å². The van der Waals surface area contributed by atoms with Crippen molar-refractivity contribution in [2.45, 2.75) is 19.8 Å². The Labute approximate surface area is 103 Å². The molecule has 1 aromatic rings. The summed E-state index contributed by atoms with van der Waals surface area (Å²) in [5.74, 6) is -0.0771. The fourth-order valence-electron chi connectivity index (χ4n) is 1.29. The van der Waals surface area contributed by atoms with Crippen LogP contribution >= 0.6 is 15.9 Å². The number of benzene rings is 1. The fourth-order valence-corrected chi connectivity index (χ4v) is 1.56. The number of nitrogens with one attached hydrogen (secondary N) is 1. The van der Waals surface area contributed by atoms with Crippen molar-refractivity contribution in [2.24, 2.45) is 0 Å². The number of carbonyl (C=O) groups is 2. The summed E-state index contributed by atoms with van der Waals surface area (Å²) in [5.41, 5.74) is 0.646. The molecule has 1 amide bonds. The van der Waals surface area contributed by atoms with E-state index in [0.717, 1.165) is 4.47 Å². The molecule has 0 spiro atoms. The number of carbonyl (C=O) groups excluding carboxylic acids is 2. The lowest BCUT2D eigenvalue weighted by atomic mass is 10.1. The average Bonchev–Trinajstić information content (AvgIpc) is 2.27. The third-order valence-electron chi connectivity index (χ3n) is 2.12. The molecule has 0 bridgehead atoms. The van der Waals surface area contributed by atoms with Crippen molar-refractivity contribution in [3.05, 3.63) is 34.3 Å². The Morgan fingerprint density at radius 1 is 1.19 bits per heavy atom. The third kappa shape index (κ3) is 4.14. The summed E-state index contributed by atoms with van der Waals surface area (Å²) in [7, 11) is 0. The first-order valence-corrected chi connectivity index (χ1v) is 5.98. The van der Waals surface area contributed by atoms with Crippen LogP contribution in [-0.2, 0) is 4.79 Å². The summed E-state index contributed by atoms with van der Waals surface area (Å²) in [6.07, 6.45) is 0.510. The fraction of sp³-hybridized carbons (Fsp3) is 0.333. The molecule has 0 aliphatic rings. The minimum Gasteiger partial charge on any atom is -0.356 e. The van der Waals surface area contributed by atoms with E-state index in [4.69, 9.17) is 0 Å². The van der Waals surface area contributed by atoms with Crippen molar-refractivity contribution in [1.82, 2.24) is 5.32 Å². The lowest BCUT2D eigenvalue weighted by molar-refractivity contribution is -0.120. The van der Waals surface area contributed by atoms with Crippen molar-refractivity contribution in [3.8, 4) is 0 Å². The molecule has 16 heavy (non-hydrogen) atoms. The molecule has 0 aliphatic heterocycles. The van der Waals surface area contributed by atoms with Gasteiger partial charge in [-0.1, -0.05) is 28.1 Å². The molecule has 1 rings (SSSR count). The van der Waals surface area contributed by atoms with Gasteiger partial charge in [-0.15, -0.1) is 0 Å². The molecule has 1 N–H and O–H groups in total. The van der Waals surface area contributed by atoms with Crippen LogP contribution < -0.4 is 5.32 Å². The summed E-state index contributed by atoms with van der Waals surface area (Å²) < 4.78 is 0.938. The van der Waals surface area contributed by atoms with E-state index in [1.807, 2.05) is 19.1 Å². The van der Waals surface area contributed by atoms with E-state index in [-0.39, 0.29) is 24.5 Å². The largest absolute Gasteiger partial charge is 0.356 e. The molecule has 0 unspecified atom stereocenters. The van der Waals surface area contributed by atoms with E-state index in [9.17, 15) is 9.59 Å². The zero-order valence-electron chi connectivity index (χ0n) is 9.13. The Morgan fingerprint density at radius 2 is 1.81 bits per heavy atom. The van der Waals surface area contributed by atoms with E-state index in [1.165, 1.54) is 0 Å². The van der Waals surface area contributed by atoms with E-state index < -0.39 is 0 Å². The molecule has 0 saturated heterocycles. The van der Waals surface area contributed by atoms with Crippen LogP contribution in [0.15, 0.2) is 28.7 Å². The van der Waals surface area contributed by atoms with E-state index in [2.05, 4.69) is 21.2 Å². The second-order valence-corrected chi connectivity index (χ2v) is 4.30. The van der Waals surface area contributed by atoms with Crippen LogP contribution in [0.2, 0.25) is 0 Å². The first-order chi connectivity index (χ1) is 7.63. The Morgan fingerprint density at radius 3 is 2.38 bits per heavy atom. The normalized spacial score (nSPS) is 9.88. The van der Waals surface area contributed by atoms with Crippen LogP contribution in [-0.4, -0.2) is 18.2 Å². The maximum Gasteiger partial charge on any atom is 0.220 e. The van der Waals surface area contributed by atoms with Crippen molar-refractivity contribution in [1.29, 1.82) is 0 Å². The van der Waals surface area contributed by atoms with Crippen LogP contribution in [0.1, 0.15) is 30.1 Å². The van der Waals surface area contributed by atoms with Gasteiger partial charge in [0.05, 0.1) is 0 Å². The number of rotatable bonds is 5. The topological polar surface area (TPSA) is 46.2 Å². The van der Waals surface area contributed by atoms with Crippen molar-refractivity contribution >= 4 is 27.6 Å². The number of hydrogen-bond acceptors (Lipinski definition) is 2. The Kier molecular flexibility index (Phi) is 5.19. The molecule has 0 atom stereocenters. The smallest absolute Gasteiger partial charge is 0.220 e. The third-order valence-corrected chi connectivity index (χ3v) is 2.65. The minimum atomic E-state index is -0.0760. The van der Waals surface area contributed by atoms with Crippen LogP contribution in [0.5, 0.6) is 0 Å². The second kappa shape index (κ2) is 6.43. The van der Waals surface area contributed by atoms with Gasteiger partial charge in [0, 0.05) is 29.4 Å². The Balaban J connectivity index is 2.47. The van der Waals surface area contributed by atoms with E-state index >= 15 is 0 Å². The molecular formula is C12H14BrNO2. The van der Waals surface area contributed by atoms with Gasteiger partial charge in [-0.3, -0.25) is 9.59 Å². The van der Waals surface area contributed by atoms with Gasteiger partial charge in [0.25, 0.3) is 0 Å². The molecule has 4 heteroatoms. The SMILES string of the molecule is CCNC(=O)CCC(=O)c1ccc(Br)cc1. The molecule has 0 saturated carbocycles. The van der Waals surface area contributed by atoms with E-state index in [0.29, 0.717) is 12.1 Å². The first-order valence-electron chi connectivity index (χ1n) is 5.19. The van der Waals surface area contributed by atoms with Gasteiger partial charge < -0.3 is 5.32 Å². The second-order valence-electron chi connectivity index (χ2n) is 3.38. The molecule has 1 aromatic carbocycles. The van der Waals surface area contributed by atoms with Gasteiger partial charge in [0.2, 0.25) is 5.91 Å². The van der Waals surface area contributed by atoms with Crippen LogP contribution in [0.4, 0.5) is 0 Å².